The van der Waals surface area contributed by atoms with Gasteiger partial charge >= 0.3 is 0 Å². The van der Waals surface area contributed by atoms with Gasteiger partial charge in [0, 0.05) is 6.42 Å². The van der Waals surface area contributed by atoms with Gasteiger partial charge in [-0.2, -0.15) is 0 Å². The van der Waals surface area contributed by atoms with Crippen molar-refractivity contribution in [1.82, 2.24) is 10.2 Å². The number of carbonyl (C=O) groups is 6. The number of carbonyl (C=O) groups excluding carboxylic acids is 6. The van der Waals surface area contributed by atoms with Gasteiger partial charge < -0.3 is 0 Å². The number of benzene rings is 3. The Bertz CT molecular complexity index is 1560. The molecule has 42 heavy (non-hydrogen) atoms. The van der Waals surface area contributed by atoms with Crippen LogP contribution >= 0.6 is 0 Å². The maximum absolute atomic E-state index is 12.9. The Morgan fingerprint density at radius 1 is 0.619 bits per heavy atom. The molecule has 3 aliphatic rings. The van der Waals surface area contributed by atoms with E-state index in [1.807, 2.05) is 18.2 Å². The molecule has 3 aliphatic heterocycles. The van der Waals surface area contributed by atoms with Crippen LogP contribution in [0.25, 0.3) is 0 Å². The van der Waals surface area contributed by atoms with Gasteiger partial charge in [0.2, 0.25) is 11.8 Å². The second-order valence-corrected chi connectivity index (χ2v) is 11.1. The van der Waals surface area contributed by atoms with Gasteiger partial charge in [-0.25, -0.2) is 4.90 Å². The molecule has 0 saturated carbocycles. The number of para-hydroxylation sites is 1. The second kappa shape index (κ2) is 11.2. The lowest BCUT2D eigenvalue weighted by Gasteiger charge is -2.27. The summed E-state index contributed by atoms with van der Waals surface area (Å²) >= 11 is 0. The summed E-state index contributed by atoms with van der Waals surface area (Å²) in [5, 5.41) is 2.15. The number of anilines is 1. The minimum absolute atomic E-state index is 0.129. The summed E-state index contributed by atoms with van der Waals surface area (Å²) in [6.07, 6.45) is 0.306. The number of amides is 6. The molecule has 1 N–H and O–H groups in total. The standard InChI is InChI=1S/C20H21NO2.C13H10N2O4/c1-12(2)14-10-7-11-15(13(3)4)18(14)21-19(22)16-8-5-6-9-17(16)20(21)23;16-10-6-5-9(11(17)14-10)15-12(18)7-3-1-2-4-8(7)13(15)19/h5-13H,1-4H3;1-4,9H,5-6H2,(H,14,16,17). The van der Waals surface area contributed by atoms with Crippen LogP contribution in [0.5, 0.6) is 0 Å². The largest absolute Gasteiger partial charge is 0.295 e. The van der Waals surface area contributed by atoms with E-state index in [0.29, 0.717) is 22.3 Å². The lowest BCUT2D eigenvalue weighted by atomic mass is 9.92. The number of piperidine rings is 1. The maximum Gasteiger partial charge on any atom is 0.266 e. The first-order chi connectivity index (χ1) is 20.0. The van der Waals surface area contributed by atoms with Gasteiger partial charge in [-0.15, -0.1) is 0 Å². The molecule has 214 valence electrons. The molecule has 3 aromatic carbocycles. The topological polar surface area (TPSA) is 121 Å². The van der Waals surface area contributed by atoms with Gasteiger partial charge in [-0.05, 0) is 53.6 Å². The number of fused-ring (bicyclic) bond motifs is 2. The molecule has 0 bridgehead atoms. The van der Waals surface area contributed by atoms with Gasteiger partial charge in [0.05, 0.1) is 27.9 Å². The highest BCUT2D eigenvalue weighted by molar-refractivity contribution is 6.35. The van der Waals surface area contributed by atoms with Crippen LogP contribution < -0.4 is 10.2 Å². The lowest BCUT2D eigenvalue weighted by Crippen LogP contribution is -2.54. The minimum Gasteiger partial charge on any atom is -0.295 e. The fraction of sp³-hybridized carbons (Fsp3) is 0.273. The molecule has 0 radical (unpaired) electrons. The lowest BCUT2D eigenvalue weighted by molar-refractivity contribution is -0.136. The summed E-state index contributed by atoms with van der Waals surface area (Å²) in [7, 11) is 0. The van der Waals surface area contributed by atoms with E-state index in [1.165, 1.54) is 4.90 Å². The molecule has 6 amide bonds. The zero-order chi connectivity index (χ0) is 30.3. The Balaban J connectivity index is 0.000000171. The van der Waals surface area contributed by atoms with Crippen molar-refractivity contribution < 1.29 is 28.8 Å². The van der Waals surface area contributed by atoms with Crippen LogP contribution in [-0.2, 0) is 9.59 Å². The maximum atomic E-state index is 12.9. The van der Waals surface area contributed by atoms with Crippen LogP contribution in [-0.4, -0.2) is 46.4 Å². The molecular formula is C33H31N3O6. The van der Waals surface area contributed by atoms with Gasteiger partial charge in [0.25, 0.3) is 23.6 Å². The molecule has 6 rings (SSSR count). The predicted molar refractivity (Wildman–Crippen MR) is 155 cm³/mol. The number of hydrogen-bond donors (Lipinski definition) is 1. The number of nitrogens with zero attached hydrogens (tertiary/aromatic N) is 2. The fourth-order valence-corrected chi connectivity index (χ4v) is 5.58. The number of imide groups is 3. The van der Waals surface area contributed by atoms with Crippen LogP contribution in [0, 0.1) is 0 Å². The molecule has 1 fully saturated rings. The molecule has 9 heteroatoms. The molecule has 0 aliphatic carbocycles. The smallest absolute Gasteiger partial charge is 0.266 e. The average Bonchev–Trinajstić information content (AvgIpc) is 3.37. The Kier molecular flexibility index (Phi) is 7.60. The van der Waals surface area contributed by atoms with Crippen LogP contribution in [0.4, 0.5) is 5.69 Å². The van der Waals surface area contributed by atoms with Gasteiger partial charge in [-0.1, -0.05) is 70.2 Å². The monoisotopic (exact) mass is 565 g/mol. The van der Waals surface area contributed by atoms with Gasteiger partial charge in [-0.3, -0.25) is 39.0 Å². The zero-order valence-corrected chi connectivity index (χ0v) is 23.8. The van der Waals surface area contributed by atoms with Crippen molar-refractivity contribution in [3.8, 4) is 0 Å². The highest BCUT2D eigenvalue weighted by Crippen LogP contribution is 2.39. The highest BCUT2D eigenvalue weighted by Gasteiger charge is 2.44. The molecule has 9 nitrogen and oxygen atoms in total. The van der Waals surface area contributed by atoms with E-state index in [2.05, 4.69) is 33.0 Å². The zero-order valence-electron chi connectivity index (χ0n) is 23.8. The van der Waals surface area contributed by atoms with E-state index in [1.54, 1.807) is 48.5 Å². The van der Waals surface area contributed by atoms with Crippen LogP contribution in [0.3, 0.4) is 0 Å². The minimum atomic E-state index is -0.898. The number of hydrogen-bond acceptors (Lipinski definition) is 6. The van der Waals surface area contributed by atoms with Crippen LogP contribution in [0.2, 0.25) is 0 Å². The number of rotatable bonds is 4. The molecule has 3 heterocycles. The molecule has 0 aromatic heterocycles. The second-order valence-electron chi connectivity index (χ2n) is 11.1. The Labute approximate surface area is 243 Å². The quantitative estimate of drug-likeness (QED) is 0.453. The van der Waals surface area contributed by atoms with Crippen molar-refractivity contribution in [3.63, 3.8) is 0 Å². The summed E-state index contributed by atoms with van der Waals surface area (Å²) in [4.78, 5) is 75.2. The summed E-state index contributed by atoms with van der Waals surface area (Å²) < 4.78 is 0. The van der Waals surface area contributed by atoms with Gasteiger partial charge in [0.15, 0.2) is 0 Å². The molecule has 3 aromatic rings. The Morgan fingerprint density at radius 3 is 1.45 bits per heavy atom. The van der Waals surface area contributed by atoms with E-state index < -0.39 is 23.8 Å². The first-order valence-corrected chi connectivity index (χ1v) is 13.9. The SMILES string of the molecule is CC(C)c1cccc(C(C)C)c1N1C(=O)c2ccccc2C1=O.O=C1CCC(N2C(=O)c3ccccc3C2=O)C(=O)N1. The highest BCUT2D eigenvalue weighted by atomic mass is 16.2. The third kappa shape index (κ3) is 4.81. The average molecular weight is 566 g/mol. The fourth-order valence-electron chi connectivity index (χ4n) is 5.58. The van der Waals surface area contributed by atoms with E-state index in [9.17, 15) is 28.8 Å². The molecular weight excluding hydrogens is 534 g/mol. The summed E-state index contributed by atoms with van der Waals surface area (Å²) in [6.45, 7) is 8.34. The van der Waals surface area contributed by atoms with Crippen molar-refractivity contribution in [1.29, 1.82) is 0 Å². The van der Waals surface area contributed by atoms with Crippen molar-refractivity contribution in [2.24, 2.45) is 0 Å². The molecule has 1 saturated heterocycles. The van der Waals surface area contributed by atoms with Crippen molar-refractivity contribution in [2.75, 3.05) is 4.90 Å². The van der Waals surface area contributed by atoms with Crippen LogP contribution in [0.15, 0.2) is 66.7 Å². The Hall–Kier alpha value is -4.92. The van der Waals surface area contributed by atoms with E-state index in [0.717, 1.165) is 21.7 Å². The normalized spacial score (nSPS) is 17.9. The third-order valence-electron chi connectivity index (χ3n) is 7.71. The molecule has 0 spiro atoms. The number of nitrogens with one attached hydrogen (secondary N) is 1. The first kappa shape index (κ1) is 28.6. The Morgan fingerprint density at radius 2 is 1.05 bits per heavy atom. The summed E-state index contributed by atoms with van der Waals surface area (Å²) in [5.41, 5.74) is 4.42. The predicted octanol–water partition coefficient (Wildman–Crippen LogP) is 4.82. The van der Waals surface area contributed by atoms with Crippen molar-refractivity contribution in [2.45, 2.75) is 58.4 Å². The summed E-state index contributed by atoms with van der Waals surface area (Å²) in [5.74, 6) is -1.91. The molecule has 1 atom stereocenters. The van der Waals surface area contributed by atoms with E-state index >= 15 is 0 Å². The first-order valence-electron chi connectivity index (χ1n) is 13.9. The van der Waals surface area contributed by atoms with Gasteiger partial charge in [0.1, 0.15) is 6.04 Å². The van der Waals surface area contributed by atoms with E-state index in [-0.39, 0.29) is 42.4 Å². The van der Waals surface area contributed by atoms with Crippen LogP contribution in [0.1, 0.15) is 105 Å². The van der Waals surface area contributed by atoms with E-state index in [4.69, 9.17) is 0 Å². The summed E-state index contributed by atoms with van der Waals surface area (Å²) in [6, 6.07) is 18.6. The molecule has 1 unspecified atom stereocenters. The van der Waals surface area contributed by atoms with Crippen molar-refractivity contribution >= 4 is 41.1 Å². The van der Waals surface area contributed by atoms with Crippen molar-refractivity contribution in [3.05, 3.63) is 100 Å². The third-order valence-corrected chi connectivity index (χ3v) is 7.71.